The minimum absolute atomic E-state index is 0.108. The molecule has 0 spiro atoms. The van der Waals surface area contributed by atoms with Gasteiger partial charge in [-0.25, -0.2) is 9.13 Å². The lowest BCUT2D eigenvalue weighted by molar-refractivity contribution is -0.161. The molecule has 0 heterocycles. The summed E-state index contributed by atoms with van der Waals surface area (Å²) in [6.45, 7) is 9.68. The molecule has 0 aliphatic rings. The Hall–Kier alpha value is -1.94. The van der Waals surface area contributed by atoms with Crippen molar-refractivity contribution >= 4 is 39.5 Å². The molecule has 0 aliphatic carbocycles. The van der Waals surface area contributed by atoms with Crippen molar-refractivity contribution in [2.75, 3.05) is 39.6 Å². The topological polar surface area (TPSA) is 237 Å². The van der Waals surface area contributed by atoms with Gasteiger partial charge in [0.1, 0.15) is 19.3 Å². The Balaban J connectivity index is 5.25. The van der Waals surface area contributed by atoms with Crippen molar-refractivity contribution in [3.05, 3.63) is 0 Å². The van der Waals surface area contributed by atoms with Crippen LogP contribution >= 0.6 is 15.6 Å². The Morgan fingerprint density at radius 3 is 0.673 bits per heavy atom. The Bertz CT molecular complexity index is 1940. The predicted molar refractivity (Wildman–Crippen MR) is 414 cm³/mol. The molecule has 0 radical (unpaired) electrons. The molecule has 5 atom stereocenters. The molecule has 19 heteroatoms. The third-order valence-corrected chi connectivity index (χ3v) is 21.1. The number of carbonyl (C=O) groups is 4. The second-order valence-corrected chi connectivity index (χ2v) is 33.4. The number of rotatable bonds is 81. The summed E-state index contributed by atoms with van der Waals surface area (Å²) in [4.78, 5) is 73.1. The average molecular weight is 1480 g/mol. The number of esters is 4. The van der Waals surface area contributed by atoms with Crippen LogP contribution in [0.3, 0.4) is 0 Å². The summed E-state index contributed by atoms with van der Waals surface area (Å²) in [7, 11) is -9.92. The van der Waals surface area contributed by atoms with Gasteiger partial charge in [0.2, 0.25) is 0 Å². The summed E-state index contributed by atoms with van der Waals surface area (Å²) < 4.78 is 68.8. The van der Waals surface area contributed by atoms with E-state index in [2.05, 4.69) is 41.5 Å². The van der Waals surface area contributed by atoms with Gasteiger partial charge in [0.05, 0.1) is 26.4 Å². The smallest absolute Gasteiger partial charge is 0.462 e. The van der Waals surface area contributed by atoms with Gasteiger partial charge in [-0.05, 0) is 37.5 Å². The van der Waals surface area contributed by atoms with Crippen molar-refractivity contribution < 1.29 is 80.2 Å². The molecule has 0 aromatic heterocycles. The molecule has 0 fully saturated rings. The van der Waals surface area contributed by atoms with E-state index in [1.807, 2.05) is 0 Å². The maximum absolute atomic E-state index is 13.1. The molecule has 0 rings (SSSR count). The van der Waals surface area contributed by atoms with E-state index in [4.69, 9.17) is 37.0 Å². The van der Waals surface area contributed by atoms with E-state index in [1.165, 1.54) is 250 Å². The van der Waals surface area contributed by atoms with E-state index < -0.39 is 97.5 Å². The van der Waals surface area contributed by atoms with E-state index in [1.54, 1.807) is 0 Å². The summed E-state index contributed by atoms with van der Waals surface area (Å²) in [5.41, 5.74) is 0. The molecule has 0 aromatic carbocycles. The highest BCUT2D eigenvalue weighted by atomic mass is 31.2. The number of carbonyl (C=O) groups excluding carboxylic acids is 4. The minimum atomic E-state index is -4.96. The van der Waals surface area contributed by atoms with Gasteiger partial charge in [-0.2, -0.15) is 0 Å². The number of phosphoric ester groups is 2. The fourth-order valence-electron chi connectivity index (χ4n) is 12.7. The number of aliphatic hydroxyl groups excluding tert-OH is 1. The molecule has 3 N–H and O–H groups in total. The van der Waals surface area contributed by atoms with Gasteiger partial charge in [-0.15, -0.1) is 0 Å². The van der Waals surface area contributed by atoms with Gasteiger partial charge < -0.3 is 33.8 Å². The maximum atomic E-state index is 13.1. The summed E-state index contributed by atoms with van der Waals surface area (Å²) in [5, 5.41) is 10.7. The van der Waals surface area contributed by atoms with Crippen LogP contribution in [0.2, 0.25) is 0 Å². The second-order valence-electron chi connectivity index (χ2n) is 30.5. The molecule has 0 saturated heterocycles. The van der Waals surface area contributed by atoms with E-state index >= 15 is 0 Å². The van der Waals surface area contributed by atoms with E-state index in [-0.39, 0.29) is 25.7 Å². The number of unbranched alkanes of at least 4 members (excludes halogenated alkanes) is 51. The number of hydrogen-bond donors (Lipinski definition) is 3. The first-order valence-electron chi connectivity index (χ1n) is 42.5. The molecule has 0 amide bonds. The van der Waals surface area contributed by atoms with Gasteiger partial charge in [0, 0.05) is 25.7 Å². The minimum Gasteiger partial charge on any atom is -0.462 e. The van der Waals surface area contributed by atoms with Crippen LogP contribution in [0.5, 0.6) is 0 Å². The SMILES string of the molecule is CCCCCCCCCCCCCCCCCCCC(=O)OC[C@H](COP(=O)(O)OC[C@@H](O)COP(=O)(O)OC[C@@H](COC(=O)CCCCCCCCCCCCC)OC(=O)CCCCCCCCCCCCCCCC(C)C)OC(=O)CCCCCCCCCCCCCCCCC(C)C. The quantitative estimate of drug-likeness (QED) is 0.0222. The van der Waals surface area contributed by atoms with Gasteiger partial charge in [-0.3, -0.25) is 37.3 Å². The fraction of sp³-hybridized carbons (Fsp3) is 0.951. The lowest BCUT2D eigenvalue weighted by Gasteiger charge is -2.21. The van der Waals surface area contributed by atoms with Crippen molar-refractivity contribution in [3.8, 4) is 0 Å². The second kappa shape index (κ2) is 73.6. The van der Waals surface area contributed by atoms with Gasteiger partial charge in [-0.1, -0.05) is 382 Å². The van der Waals surface area contributed by atoms with Crippen molar-refractivity contribution in [3.63, 3.8) is 0 Å². The lowest BCUT2D eigenvalue weighted by atomic mass is 10.0. The molecule has 0 aromatic rings. The molecular formula is C82H160O17P2. The number of aliphatic hydroxyl groups is 1. The number of ether oxygens (including phenoxy) is 4. The largest absolute Gasteiger partial charge is 0.472 e. The Labute approximate surface area is 619 Å². The summed E-state index contributed by atoms with van der Waals surface area (Å²) in [6, 6.07) is 0. The van der Waals surface area contributed by atoms with Gasteiger partial charge in [0.15, 0.2) is 12.2 Å². The standard InChI is InChI=1S/C82H160O17P2/c1-7-9-11-13-15-17-19-20-21-22-23-29-35-41-47-53-59-65-80(85)93-71-78(99-81(86)66-60-54-48-42-36-30-25-24-27-33-38-44-50-56-62-74(3)4)73-97-101(90,91)95-69-76(83)68-94-100(88,89)96-72-77(70-92-79(84)64-58-52-46-40-32-18-16-14-12-10-8-2)98-82(87)67-61-55-49-43-37-31-26-28-34-39-45-51-57-63-75(5)6/h74-78,83H,7-73H2,1-6H3,(H,88,89)(H,90,91)/t76-,77+,78+/m0/s1. The summed E-state index contributed by atoms with van der Waals surface area (Å²) >= 11 is 0. The first-order chi connectivity index (χ1) is 48.9. The van der Waals surface area contributed by atoms with Crippen LogP contribution in [0.1, 0.15) is 433 Å². The molecule has 0 bridgehead atoms. The van der Waals surface area contributed by atoms with Crippen LogP contribution in [-0.4, -0.2) is 96.7 Å². The normalized spacial score (nSPS) is 13.9. The maximum Gasteiger partial charge on any atom is 0.472 e. The highest BCUT2D eigenvalue weighted by molar-refractivity contribution is 7.47. The van der Waals surface area contributed by atoms with E-state index in [9.17, 15) is 43.2 Å². The van der Waals surface area contributed by atoms with Gasteiger partial charge in [0.25, 0.3) is 0 Å². The first-order valence-corrected chi connectivity index (χ1v) is 45.5. The van der Waals surface area contributed by atoms with Gasteiger partial charge >= 0.3 is 39.5 Å². The molecule has 0 aliphatic heterocycles. The molecule has 101 heavy (non-hydrogen) atoms. The fourth-order valence-corrected chi connectivity index (χ4v) is 14.3. The highest BCUT2D eigenvalue weighted by Gasteiger charge is 2.30. The van der Waals surface area contributed by atoms with Crippen molar-refractivity contribution in [1.82, 2.24) is 0 Å². The van der Waals surface area contributed by atoms with Crippen LogP contribution < -0.4 is 0 Å². The zero-order chi connectivity index (χ0) is 74.2. The van der Waals surface area contributed by atoms with Crippen LogP contribution in [0.4, 0.5) is 0 Å². The van der Waals surface area contributed by atoms with Crippen molar-refractivity contribution in [1.29, 1.82) is 0 Å². The lowest BCUT2D eigenvalue weighted by Crippen LogP contribution is -2.30. The highest BCUT2D eigenvalue weighted by Crippen LogP contribution is 2.45. The zero-order valence-electron chi connectivity index (χ0n) is 66.2. The monoisotopic (exact) mass is 1480 g/mol. The van der Waals surface area contributed by atoms with Crippen LogP contribution in [0.25, 0.3) is 0 Å². The van der Waals surface area contributed by atoms with Crippen LogP contribution in [0, 0.1) is 11.8 Å². The Kier molecular flexibility index (Phi) is 72.2. The molecule has 0 saturated carbocycles. The molecule has 600 valence electrons. The first kappa shape index (κ1) is 99.1. The zero-order valence-corrected chi connectivity index (χ0v) is 68.0. The van der Waals surface area contributed by atoms with Crippen molar-refractivity contribution in [2.45, 2.75) is 452 Å². The predicted octanol–water partition coefficient (Wildman–Crippen LogP) is 24.7. The molecule has 2 unspecified atom stereocenters. The van der Waals surface area contributed by atoms with Crippen LogP contribution in [0.15, 0.2) is 0 Å². The third kappa shape index (κ3) is 76.1. The summed E-state index contributed by atoms with van der Waals surface area (Å²) in [6.07, 6.45) is 63.7. The van der Waals surface area contributed by atoms with E-state index in [0.717, 1.165) is 102 Å². The average Bonchev–Trinajstić information content (AvgIpc) is 0.962. The Morgan fingerprint density at radius 1 is 0.267 bits per heavy atom. The van der Waals surface area contributed by atoms with Crippen LogP contribution in [-0.2, 0) is 65.4 Å². The number of hydrogen-bond acceptors (Lipinski definition) is 15. The summed E-state index contributed by atoms with van der Waals surface area (Å²) in [5.74, 6) is -0.523. The van der Waals surface area contributed by atoms with Crippen molar-refractivity contribution in [2.24, 2.45) is 11.8 Å². The molecular weight excluding hydrogens is 1320 g/mol. The van der Waals surface area contributed by atoms with E-state index in [0.29, 0.717) is 25.7 Å². The Morgan fingerprint density at radius 2 is 0.455 bits per heavy atom. The molecule has 17 nitrogen and oxygen atoms in total. The third-order valence-electron chi connectivity index (χ3n) is 19.2. The number of phosphoric acid groups is 2.